The lowest BCUT2D eigenvalue weighted by Crippen LogP contribution is -2.07. The van der Waals surface area contributed by atoms with Crippen molar-refractivity contribution >= 4 is 28.2 Å². The van der Waals surface area contributed by atoms with Crippen molar-refractivity contribution in [2.45, 2.75) is 19.5 Å². The maximum absolute atomic E-state index is 13.2. The number of aromatic nitrogens is 1. The van der Waals surface area contributed by atoms with Gasteiger partial charge in [0.2, 0.25) is 0 Å². The molecule has 3 nitrogen and oxygen atoms in total. The van der Waals surface area contributed by atoms with Crippen molar-refractivity contribution in [2.24, 2.45) is 0 Å². The standard InChI is InChI=1S/C18H14F3NO2S/c1-10-8-12(25-16(10)17(23)24-2)9-11-5-6-14(18(19,20)21)13-4-3-7-22-15(11)13/h3-8H,9H2,1-2H3. The van der Waals surface area contributed by atoms with E-state index in [0.717, 1.165) is 16.5 Å². The van der Waals surface area contributed by atoms with E-state index in [1.165, 1.54) is 42.8 Å². The monoisotopic (exact) mass is 365 g/mol. The number of rotatable bonds is 3. The molecule has 0 aliphatic rings. The van der Waals surface area contributed by atoms with E-state index >= 15 is 0 Å². The minimum atomic E-state index is -4.43. The van der Waals surface area contributed by atoms with Gasteiger partial charge in [0.15, 0.2) is 0 Å². The van der Waals surface area contributed by atoms with E-state index in [0.29, 0.717) is 22.4 Å². The zero-order valence-electron chi connectivity index (χ0n) is 13.5. The summed E-state index contributed by atoms with van der Waals surface area (Å²) in [5, 5.41) is 0.0777. The number of ether oxygens (including phenoxy) is 1. The summed E-state index contributed by atoms with van der Waals surface area (Å²) >= 11 is 1.28. The van der Waals surface area contributed by atoms with Crippen molar-refractivity contribution in [1.29, 1.82) is 0 Å². The lowest BCUT2D eigenvalue weighted by Gasteiger charge is -2.12. The third kappa shape index (κ3) is 3.37. The second kappa shape index (κ2) is 6.48. The predicted octanol–water partition coefficient (Wildman–Crippen LogP) is 5.00. The number of aryl methyl sites for hydroxylation is 1. The van der Waals surface area contributed by atoms with Crippen molar-refractivity contribution in [3.63, 3.8) is 0 Å². The Morgan fingerprint density at radius 2 is 2.04 bits per heavy atom. The maximum atomic E-state index is 13.2. The summed E-state index contributed by atoms with van der Waals surface area (Å²) in [6.45, 7) is 1.80. The first-order chi connectivity index (χ1) is 11.8. The van der Waals surface area contributed by atoms with Crippen molar-refractivity contribution in [3.8, 4) is 0 Å². The largest absolute Gasteiger partial charge is 0.465 e. The third-order valence-electron chi connectivity index (χ3n) is 3.86. The fourth-order valence-electron chi connectivity index (χ4n) is 2.74. The molecule has 0 bridgehead atoms. The van der Waals surface area contributed by atoms with Crippen LogP contribution in [0.4, 0.5) is 13.2 Å². The Kier molecular flexibility index (Phi) is 4.51. The first-order valence-electron chi connectivity index (χ1n) is 7.42. The molecule has 0 fully saturated rings. The molecule has 25 heavy (non-hydrogen) atoms. The number of thiophene rings is 1. The Morgan fingerprint density at radius 3 is 2.72 bits per heavy atom. The number of pyridine rings is 1. The maximum Gasteiger partial charge on any atom is 0.417 e. The average molecular weight is 365 g/mol. The van der Waals surface area contributed by atoms with Gasteiger partial charge in [-0.2, -0.15) is 13.2 Å². The van der Waals surface area contributed by atoms with Gasteiger partial charge < -0.3 is 4.74 Å². The highest BCUT2D eigenvalue weighted by atomic mass is 32.1. The number of benzene rings is 1. The minimum absolute atomic E-state index is 0.0777. The number of nitrogens with zero attached hydrogens (tertiary/aromatic N) is 1. The Labute approximate surface area is 146 Å². The van der Waals surface area contributed by atoms with Crippen LogP contribution in [0.25, 0.3) is 10.9 Å². The van der Waals surface area contributed by atoms with Gasteiger partial charge in [0, 0.05) is 22.9 Å². The molecule has 7 heteroatoms. The normalized spacial score (nSPS) is 11.7. The topological polar surface area (TPSA) is 39.2 Å². The second-order valence-electron chi connectivity index (χ2n) is 5.56. The fraction of sp³-hybridized carbons (Fsp3) is 0.222. The lowest BCUT2D eigenvalue weighted by atomic mass is 10.0. The van der Waals surface area contributed by atoms with E-state index in [1.807, 2.05) is 6.07 Å². The van der Waals surface area contributed by atoms with Crippen LogP contribution in [0.1, 0.15) is 31.2 Å². The molecule has 2 aromatic heterocycles. The van der Waals surface area contributed by atoms with Crippen LogP contribution < -0.4 is 0 Å². The summed E-state index contributed by atoms with van der Waals surface area (Å²) in [5.41, 5.74) is 1.09. The number of alkyl halides is 3. The molecular formula is C18H14F3NO2S. The molecule has 0 N–H and O–H groups in total. The van der Waals surface area contributed by atoms with E-state index in [4.69, 9.17) is 4.74 Å². The highest BCUT2D eigenvalue weighted by Gasteiger charge is 2.33. The fourth-order valence-corrected chi connectivity index (χ4v) is 3.85. The molecule has 3 rings (SSSR count). The minimum Gasteiger partial charge on any atom is -0.465 e. The van der Waals surface area contributed by atoms with Crippen LogP contribution in [0.2, 0.25) is 0 Å². The van der Waals surface area contributed by atoms with Gasteiger partial charge in [-0.1, -0.05) is 12.1 Å². The number of fused-ring (bicyclic) bond motifs is 1. The number of carbonyl (C=O) groups excluding carboxylic acids is 1. The van der Waals surface area contributed by atoms with Crippen molar-refractivity contribution in [1.82, 2.24) is 4.98 Å². The number of hydrogen-bond acceptors (Lipinski definition) is 4. The van der Waals surface area contributed by atoms with Crippen molar-refractivity contribution < 1.29 is 22.7 Å². The SMILES string of the molecule is COC(=O)c1sc(Cc2ccc(C(F)(F)F)c3cccnc23)cc1C. The number of carbonyl (C=O) groups is 1. The number of hydrogen-bond donors (Lipinski definition) is 0. The number of halogens is 3. The van der Waals surface area contributed by atoms with E-state index in [1.54, 1.807) is 6.92 Å². The molecule has 0 spiro atoms. The Balaban J connectivity index is 2.05. The number of esters is 1. The van der Waals surface area contributed by atoms with Gasteiger partial charge in [0.25, 0.3) is 0 Å². The summed E-state index contributed by atoms with van der Waals surface area (Å²) in [5.74, 6) is -0.413. The van der Waals surface area contributed by atoms with Gasteiger partial charge in [0.05, 0.1) is 18.2 Å². The van der Waals surface area contributed by atoms with Crippen LogP contribution in [0, 0.1) is 6.92 Å². The smallest absolute Gasteiger partial charge is 0.417 e. The van der Waals surface area contributed by atoms with E-state index in [2.05, 4.69) is 4.98 Å². The third-order valence-corrected chi connectivity index (χ3v) is 5.08. The molecule has 0 amide bonds. The van der Waals surface area contributed by atoms with Crippen LogP contribution in [0.5, 0.6) is 0 Å². The molecule has 1 aromatic carbocycles. The zero-order valence-corrected chi connectivity index (χ0v) is 14.3. The molecule has 0 aliphatic carbocycles. The first kappa shape index (κ1) is 17.4. The molecule has 0 aliphatic heterocycles. The van der Waals surface area contributed by atoms with Crippen LogP contribution in [-0.4, -0.2) is 18.1 Å². The quantitative estimate of drug-likeness (QED) is 0.613. The van der Waals surface area contributed by atoms with Gasteiger partial charge in [-0.15, -0.1) is 11.3 Å². The molecule has 2 heterocycles. The van der Waals surface area contributed by atoms with Gasteiger partial charge in [0.1, 0.15) is 4.88 Å². The van der Waals surface area contributed by atoms with Gasteiger partial charge >= 0.3 is 12.1 Å². The molecule has 0 unspecified atom stereocenters. The summed E-state index contributed by atoms with van der Waals surface area (Å²) in [6, 6.07) is 7.30. The molecule has 130 valence electrons. The van der Waals surface area contributed by atoms with Gasteiger partial charge in [-0.25, -0.2) is 4.79 Å². The summed E-state index contributed by atoms with van der Waals surface area (Å²) in [6.07, 6.45) is -2.56. The molecule has 0 atom stereocenters. The van der Waals surface area contributed by atoms with Crippen LogP contribution in [0.3, 0.4) is 0 Å². The van der Waals surface area contributed by atoms with Crippen molar-refractivity contribution in [3.05, 3.63) is 63.0 Å². The second-order valence-corrected chi connectivity index (χ2v) is 6.70. The Hall–Kier alpha value is -2.41. The lowest BCUT2D eigenvalue weighted by molar-refractivity contribution is -0.136. The highest BCUT2D eigenvalue weighted by molar-refractivity contribution is 7.14. The van der Waals surface area contributed by atoms with Crippen LogP contribution in [-0.2, 0) is 17.3 Å². The molecule has 0 saturated heterocycles. The summed E-state index contributed by atoms with van der Waals surface area (Å²) in [7, 11) is 1.31. The summed E-state index contributed by atoms with van der Waals surface area (Å²) in [4.78, 5) is 17.2. The Bertz CT molecular complexity index is 947. The highest BCUT2D eigenvalue weighted by Crippen LogP contribution is 2.36. The van der Waals surface area contributed by atoms with Gasteiger partial charge in [-0.3, -0.25) is 4.98 Å². The van der Waals surface area contributed by atoms with E-state index in [9.17, 15) is 18.0 Å². The average Bonchev–Trinajstić information content (AvgIpc) is 2.93. The van der Waals surface area contributed by atoms with Gasteiger partial charge in [-0.05, 0) is 36.2 Å². The zero-order chi connectivity index (χ0) is 18.2. The van der Waals surface area contributed by atoms with Crippen LogP contribution >= 0.6 is 11.3 Å². The molecule has 0 saturated carbocycles. The predicted molar refractivity (Wildman–Crippen MR) is 89.9 cm³/mol. The molecule has 3 aromatic rings. The van der Waals surface area contributed by atoms with E-state index in [-0.39, 0.29) is 5.39 Å². The van der Waals surface area contributed by atoms with E-state index < -0.39 is 17.7 Å². The van der Waals surface area contributed by atoms with Crippen molar-refractivity contribution in [2.75, 3.05) is 7.11 Å². The molecule has 0 radical (unpaired) electrons. The first-order valence-corrected chi connectivity index (χ1v) is 8.24. The number of methoxy groups -OCH3 is 1. The van der Waals surface area contributed by atoms with Crippen LogP contribution in [0.15, 0.2) is 36.5 Å². The molecular weight excluding hydrogens is 351 g/mol. The Morgan fingerprint density at radius 1 is 1.28 bits per heavy atom. The summed E-state index contributed by atoms with van der Waals surface area (Å²) < 4.78 is 44.3.